The molecule has 0 unspecified atom stereocenters. The number of carbonyl (C=O) groups excluding carboxylic acids is 1. The van der Waals surface area contributed by atoms with Gasteiger partial charge in [0.15, 0.2) is 11.0 Å². The van der Waals surface area contributed by atoms with Crippen LogP contribution in [0.5, 0.6) is 5.75 Å². The number of ether oxygens (including phenoxy) is 1. The summed E-state index contributed by atoms with van der Waals surface area (Å²) in [7, 11) is 0. The number of thioether (sulfide) groups is 1. The minimum atomic E-state index is -0.128. The van der Waals surface area contributed by atoms with Crippen molar-refractivity contribution in [2.75, 3.05) is 17.7 Å². The molecule has 8 heteroatoms. The van der Waals surface area contributed by atoms with Crippen LogP contribution >= 0.6 is 23.4 Å². The molecule has 6 nitrogen and oxygen atoms in total. The molecule has 0 bridgehead atoms. The number of rotatable bonds is 8. The minimum absolute atomic E-state index is 0.128. The van der Waals surface area contributed by atoms with Gasteiger partial charge < -0.3 is 10.1 Å². The lowest BCUT2D eigenvalue weighted by molar-refractivity contribution is -0.113. The zero-order valence-electron chi connectivity index (χ0n) is 19.2. The number of nitrogens with zero attached hydrogens (tertiary/aromatic N) is 3. The monoisotopic (exact) mass is 492 g/mol. The predicted octanol–water partition coefficient (Wildman–Crippen LogP) is 6.33. The van der Waals surface area contributed by atoms with Gasteiger partial charge in [0, 0.05) is 16.3 Å². The lowest BCUT2D eigenvalue weighted by Gasteiger charge is -2.12. The Morgan fingerprint density at radius 1 is 1.00 bits per heavy atom. The third-order valence-corrected chi connectivity index (χ3v) is 6.45. The van der Waals surface area contributed by atoms with Crippen molar-refractivity contribution in [3.63, 3.8) is 0 Å². The summed E-state index contributed by atoms with van der Waals surface area (Å²) in [5.41, 5.74) is 4.91. The molecule has 174 valence electrons. The molecule has 1 aromatic heterocycles. The number of aryl methyl sites for hydroxylation is 2. The second-order valence-corrected chi connectivity index (χ2v) is 9.09. The van der Waals surface area contributed by atoms with E-state index in [0.29, 0.717) is 28.3 Å². The SMILES string of the molecule is CCOc1ccc(NC(=O)CSc2nnc(-c3ccc(Cl)cc3)n2-c2ccc(C)c(C)c2)cc1. The van der Waals surface area contributed by atoms with Gasteiger partial charge in [-0.3, -0.25) is 9.36 Å². The highest BCUT2D eigenvalue weighted by Crippen LogP contribution is 2.29. The maximum absolute atomic E-state index is 12.6. The van der Waals surface area contributed by atoms with Crippen molar-refractivity contribution < 1.29 is 9.53 Å². The van der Waals surface area contributed by atoms with Gasteiger partial charge in [-0.15, -0.1) is 10.2 Å². The van der Waals surface area contributed by atoms with E-state index in [0.717, 1.165) is 22.6 Å². The third-order valence-electron chi connectivity index (χ3n) is 5.27. The molecule has 0 aliphatic heterocycles. The highest BCUT2D eigenvalue weighted by Gasteiger charge is 2.18. The van der Waals surface area contributed by atoms with Crippen LogP contribution in [-0.4, -0.2) is 33.0 Å². The van der Waals surface area contributed by atoms with E-state index < -0.39 is 0 Å². The maximum Gasteiger partial charge on any atom is 0.234 e. The summed E-state index contributed by atoms with van der Waals surface area (Å²) >= 11 is 7.41. The molecule has 1 amide bonds. The zero-order chi connectivity index (χ0) is 24.1. The summed E-state index contributed by atoms with van der Waals surface area (Å²) in [4.78, 5) is 12.6. The Balaban J connectivity index is 1.56. The Kier molecular flexibility index (Phi) is 7.55. The van der Waals surface area contributed by atoms with Crippen LogP contribution in [0.25, 0.3) is 17.1 Å². The van der Waals surface area contributed by atoms with Crippen molar-refractivity contribution in [3.05, 3.63) is 82.9 Å². The normalized spacial score (nSPS) is 10.8. The van der Waals surface area contributed by atoms with Crippen molar-refractivity contribution >= 4 is 35.0 Å². The van der Waals surface area contributed by atoms with Gasteiger partial charge in [0.05, 0.1) is 18.0 Å². The fraction of sp³-hybridized carbons (Fsp3) is 0.192. The molecule has 0 fully saturated rings. The van der Waals surface area contributed by atoms with Crippen molar-refractivity contribution in [2.24, 2.45) is 0 Å². The molecule has 34 heavy (non-hydrogen) atoms. The highest BCUT2D eigenvalue weighted by atomic mass is 35.5. The fourth-order valence-electron chi connectivity index (χ4n) is 3.38. The molecule has 0 aliphatic carbocycles. The lowest BCUT2D eigenvalue weighted by atomic mass is 10.1. The number of anilines is 1. The molecule has 0 spiro atoms. The van der Waals surface area contributed by atoms with Crippen molar-refractivity contribution in [3.8, 4) is 22.8 Å². The van der Waals surface area contributed by atoms with Gasteiger partial charge in [0.25, 0.3) is 0 Å². The van der Waals surface area contributed by atoms with E-state index in [9.17, 15) is 4.79 Å². The van der Waals surface area contributed by atoms with Crippen LogP contribution in [0.3, 0.4) is 0 Å². The van der Waals surface area contributed by atoms with Crippen LogP contribution in [0.2, 0.25) is 5.02 Å². The standard InChI is InChI=1S/C26H25ClN4O2S/c1-4-33-23-13-10-21(11-14-23)28-24(32)16-34-26-30-29-25(19-6-8-20(27)9-7-19)31(26)22-12-5-17(2)18(3)15-22/h5-15H,4,16H2,1-3H3,(H,28,32). The number of nitrogens with one attached hydrogen (secondary N) is 1. The van der Waals surface area contributed by atoms with Crippen molar-refractivity contribution in [1.82, 2.24) is 14.8 Å². The largest absolute Gasteiger partial charge is 0.494 e. The quantitative estimate of drug-likeness (QED) is 0.291. The average Bonchev–Trinajstić information content (AvgIpc) is 3.25. The fourth-order valence-corrected chi connectivity index (χ4v) is 4.25. The third kappa shape index (κ3) is 5.61. The van der Waals surface area contributed by atoms with E-state index in [1.165, 1.54) is 17.3 Å². The van der Waals surface area contributed by atoms with Crippen LogP contribution in [0.1, 0.15) is 18.1 Å². The van der Waals surface area contributed by atoms with Crippen molar-refractivity contribution in [2.45, 2.75) is 25.9 Å². The molecular formula is C26H25ClN4O2S. The van der Waals surface area contributed by atoms with Crippen LogP contribution in [0.4, 0.5) is 5.69 Å². The first-order valence-corrected chi connectivity index (χ1v) is 12.3. The number of halogens is 1. The van der Waals surface area contributed by atoms with Crippen LogP contribution in [-0.2, 0) is 4.79 Å². The number of hydrogen-bond donors (Lipinski definition) is 1. The smallest absolute Gasteiger partial charge is 0.234 e. The highest BCUT2D eigenvalue weighted by molar-refractivity contribution is 7.99. The summed E-state index contributed by atoms with van der Waals surface area (Å²) in [6, 6.07) is 21.0. The molecule has 0 radical (unpaired) electrons. The number of hydrogen-bond acceptors (Lipinski definition) is 5. The van der Waals surface area contributed by atoms with Gasteiger partial charge in [-0.05, 0) is 92.6 Å². The first-order chi connectivity index (χ1) is 16.4. The zero-order valence-corrected chi connectivity index (χ0v) is 20.8. The first-order valence-electron chi connectivity index (χ1n) is 10.9. The molecule has 0 saturated carbocycles. The molecule has 0 aliphatic rings. The second kappa shape index (κ2) is 10.8. The Labute approximate surface area is 208 Å². The summed E-state index contributed by atoms with van der Waals surface area (Å²) in [6.07, 6.45) is 0. The van der Waals surface area contributed by atoms with Crippen LogP contribution in [0.15, 0.2) is 71.9 Å². The Morgan fingerprint density at radius 2 is 1.74 bits per heavy atom. The Bertz CT molecular complexity index is 1290. The summed E-state index contributed by atoms with van der Waals surface area (Å²) in [5.74, 6) is 1.52. The molecule has 0 atom stereocenters. The molecule has 4 rings (SSSR count). The lowest BCUT2D eigenvalue weighted by Crippen LogP contribution is -2.14. The average molecular weight is 493 g/mol. The number of carbonyl (C=O) groups is 1. The van der Waals surface area contributed by atoms with Gasteiger partial charge in [0.2, 0.25) is 5.91 Å². The van der Waals surface area contributed by atoms with E-state index in [-0.39, 0.29) is 11.7 Å². The minimum Gasteiger partial charge on any atom is -0.494 e. The molecule has 0 saturated heterocycles. The van der Waals surface area contributed by atoms with Gasteiger partial charge >= 0.3 is 0 Å². The van der Waals surface area contributed by atoms with Gasteiger partial charge in [-0.2, -0.15) is 0 Å². The summed E-state index contributed by atoms with van der Waals surface area (Å²) in [6.45, 7) is 6.68. The number of amides is 1. The number of benzene rings is 3. The summed E-state index contributed by atoms with van der Waals surface area (Å²) in [5, 5.41) is 13.0. The van der Waals surface area contributed by atoms with E-state index in [2.05, 4.69) is 41.5 Å². The van der Waals surface area contributed by atoms with Crippen LogP contribution < -0.4 is 10.1 Å². The van der Waals surface area contributed by atoms with E-state index in [1.807, 2.05) is 66.1 Å². The topological polar surface area (TPSA) is 69.0 Å². The number of aromatic nitrogens is 3. The molecular weight excluding hydrogens is 468 g/mol. The Hall–Kier alpha value is -3.29. The molecule has 4 aromatic rings. The Morgan fingerprint density at radius 3 is 2.41 bits per heavy atom. The second-order valence-electron chi connectivity index (χ2n) is 7.71. The van der Waals surface area contributed by atoms with Gasteiger partial charge in [0.1, 0.15) is 5.75 Å². The molecule has 1 N–H and O–H groups in total. The van der Waals surface area contributed by atoms with Crippen molar-refractivity contribution in [1.29, 1.82) is 0 Å². The van der Waals surface area contributed by atoms with Gasteiger partial charge in [-0.1, -0.05) is 29.4 Å². The predicted molar refractivity (Wildman–Crippen MR) is 138 cm³/mol. The van der Waals surface area contributed by atoms with Gasteiger partial charge in [-0.25, -0.2) is 0 Å². The first kappa shape index (κ1) is 23.9. The molecule has 3 aromatic carbocycles. The van der Waals surface area contributed by atoms with E-state index >= 15 is 0 Å². The maximum atomic E-state index is 12.6. The van der Waals surface area contributed by atoms with E-state index in [1.54, 1.807) is 0 Å². The van der Waals surface area contributed by atoms with E-state index in [4.69, 9.17) is 16.3 Å². The van der Waals surface area contributed by atoms with Crippen LogP contribution in [0, 0.1) is 13.8 Å². The summed E-state index contributed by atoms with van der Waals surface area (Å²) < 4.78 is 7.42. The molecule has 1 heterocycles.